The third kappa shape index (κ3) is 2.72. The molecule has 4 aromatic rings. The minimum absolute atomic E-state index is 0.370. The van der Waals surface area contributed by atoms with Crippen molar-refractivity contribution in [3.8, 4) is 22.8 Å². The summed E-state index contributed by atoms with van der Waals surface area (Å²) in [6.45, 7) is 0. The zero-order valence-corrected chi connectivity index (χ0v) is 12.4. The maximum Gasteiger partial charge on any atom is 0.178 e. The number of rotatable bonds is 2. The minimum Gasteiger partial charge on any atom is -0.244 e. The second-order valence-electron chi connectivity index (χ2n) is 5.32. The van der Waals surface area contributed by atoms with Gasteiger partial charge in [0.15, 0.2) is 5.82 Å². The molecule has 0 radical (unpaired) electrons. The normalized spacial score (nSPS) is 10.9. The Morgan fingerprint density at radius 3 is 2.29 bits per heavy atom. The summed E-state index contributed by atoms with van der Waals surface area (Å²) >= 11 is 0. The summed E-state index contributed by atoms with van der Waals surface area (Å²) in [5, 5.41) is 0.935. The van der Waals surface area contributed by atoms with E-state index in [1.807, 2.05) is 24.3 Å². The number of halogens is 2. The fourth-order valence-corrected chi connectivity index (χ4v) is 2.52. The summed E-state index contributed by atoms with van der Waals surface area (Å²) in [6.07, 6.45) is 1.73. The van der Waals surface area contributed by atoms with Crippen molar-refractivity contribution < 1.29 is 8.78 Å². The van der Waals surface area contributed by atoms with Crippen molar-refractivity contribution in [2.45, 2.75) is 0 Å². The second kappa shape index (κ2) is 5.77. The van der Waals surface area contributed by atoms with Gasteiger partial charge in [0.05, 0.1) is 11.2 Å². The number of hydrogen-bond donors (Lipinski definition) is 0. The van der Waals surface area contributed by atoms with Crippen LogP contribution in [0.4, 0.5) is 8.78 Å². The lowest BCUT2D eigenvalue weighted by Crippen LogP contribution is -1.94. The number of hydrogen-bond acceptors (Lipinski definition) is 3. The van der Waals surface area contributed by atoms with Gasteiger partial charge in [-0.15, -0.1) is 0 Å². The maximum atomic E-state index is 13.4. The average molecular weight is 319 g/mol. The Bertz CT molecular complexity index is 1030. The minimum atomic E-state index is -0.640. The zero-order valence-electron chi connectivity index (χ0n) is 12.4. The number of fused-ring (bicyclic) bond motifs is 1. The quantitative estimate of drug-likeness (QED) is 0.540. The van der Waals surface area contributed by atoms with Crippen LogP contribution in [0.1, 0.15) is 0 Å². The second-order valence-corrected chi connectivity index (χ2v) is 5.32. The van der Waals surface area contributed by atoms with Gasteiger partial charge in [-0.25, -0.2) is 23.7 Å². The van der Waals surface area contributed by atoms with Crippen molar-refractivity contribution in [1.29, 1.82) is 0 Å². The van der Waals surface area contributed by atoms with Crippen LogP contribution in [0.5, 0.6) is 0 Å². The lowest BCUT2D eigenvalue weighted by Gasteiger charge is -2.05. The molecule has 0 saturated carbocycles. The first-order chi connectivity index (χ1) is 11.7. The Labute approximate surface area is 136 Å². The molecule has 0 aliphatic rings. The van der Waals surface area contributed by atoms with E-state index in [1.165, 1.54) is 12.1 Å². The van der Waals surface area contributed by atoms with Crippen molar-refractivity contribution in [3.63, 3.8) is 0 Å². The van der Waals surface area contributed by atoms with Crippen LogP contribution in [-0.4, -0.2) is 15.0 Å². The molecular formula is C19H11F2N3. The molecule has 0 aliphatic heterocycles. The number of para-hydroxylation sites is 1. The van der Waals surface area contributed by atoms with Crippen molar-refractivity contribution in [1.82, 2.24) is 15.0 Å². The first-order valence-electron chi connectivity index (χ1n) is 7.35. The lowest BCUT2D eigenvalue weighted by molar-refractivity contribution is 0.584. The molecule has 0 aliphatic carbocycles. The van der Waals surface area contributed by atoms with Gasteiger partial charge >= 0.3 is 0 Å². The summed E-state index contributed by atoms with van der Waals surface area (Å²) in [6, 6.07) is 16.2. The van der Waals surface area contributed by atoms with E-state index in [1.54, 1.807) is 24.4 Å². The molecule has 116 valence electrons. The van der Waals surface area contributed by atoms with Crippen LogP contribution >= 0.6 is 0 Å². The van der Waals surface area contributed by atoms with Crippen LogP contribution in [-0.2, 0) is 0 Å². The van der Waals surface area contributed by atoms with Crippen LogP contribution < -0.4 is 0 Å². The molecule has 0 saturated heterocycles. The number of benzene rings is 2. The van der Waals surface area contributed by atoms with E-state index in [4.69, 9.17) is 0 Å². The first-order valence-corrected chi connectivity index (χ1v) is 7.35. The summed E-state index contributed by atoms with van der Waals surface area (Å²) in [5.74, 6) is -0.814. The van der Waals surface area contributed by atoms with Crippen molar-refractivity contribution in [3.05, 3.63) is 78.5 Å². The monoisotopic (exact) mass is 319 g/mol. The third-order valence-corrected chi connectivity index (χ3v) is 3.63. The molecular weight excluding hydrogens is 308 g/mol. The van der Waals surface area contributed by atoms with Gasteiger partial charge in [0.25, 0.3) is 0 Å². The molecule has 2 aromatic carbocycles. The van der Waals surface area contributed by atoms with Gasteiger partial charge in [-0.1, -0.05) is 24.3 Å². The highest BCUT2D eigenvalue weighted by atomic mass is 19.1. The average Bonchev–Trinajstić information content (AvgIpc) is 2.60. The fourth-order valence-electron chi connectivity index (χ4n) is 2.52. The van der Waals surface area contributed by atoms with Crippen LogP contribution in [0.2, 0.25) is 0 Å². The maximum absolute atomic E-state index is 13.4. The largest absolute Gasteiger partial charge is 0.244 e. The molecule has 0 N–H and O–H groups in total. The summed E-state index contributed by atoms with van der Waals surface area (Å²) < 4.78 is 26.8. The van der Waals surface area contributed by atoms with E-state index in [-0.39, 0.29) is 0 Å². The summed E-state index contributed by atoms with van der Waals surface area (Å²) in [7, 11) is 0. The predicted molar refractivity (Wildman–Crippen MR) is 88.1 cm³/mol. The standard InChI is InChI=1S/C19H11F2N3/c20-14-8-13(9-15(21)10-14)17-6-3-7-18(23-17)19-22-11-12-4-1-2-5-16(12)24-19/h1-11H. The van der Waals surface area contributed by atoms with Gasteiger partial charge in [0.2, 0.25) is 0 Å². The molecule has 0 fully saturated rings. The van der Waals surface area contributed by atoms with Crippen LogP contribution in [0.25, 0.3) is 33.7 Å². The summed E-state index contributed by atoms with van der Waals surface area (Å²) in [5.41, 5.74) is 2.19. The van der Waals surface area contributed by atoms with Gasteiger partial charge < -0.3 is 0 Å². The van der Waals surface area contributed by atoms with Crippen LogP contribution in [0, 0.1) is 11.6 Å². The number of nitrogens with zero attached hydrogens (tertiary/aromatic N) is 3. The number of aromatic nitrogens is 3. The lowest BCUT2D eigenvalue weighted by atomic mass is 10.1. The summed E-state index contributed by atoms with van der Waals surface area (Å²) in [4.78, 5) is 13.3. The number of pyridine rings is 1. The molecule has 2 aromatic heterocycles. The van der Waals surface area contributed by atoms with Crippen molar-refractivity contribution in [2.24, 2.45) is 0 Å². The van der Waals surface area contributed by atoms with E-state index in [9.17, 15) is 8.78 Å². The Kier molecular flexibility index (Phi) is 3.46. The molecule has 4 rings (SSSR count). The van der Waals surface area contributed by atoms with Crippen LogP contribution in [0.3, 0.4) is 0 Å². The third-order valence-electron chi connectivity index (χ3n) is 3.63. The van der Waals surface area contributed by atoms with Gasteiger partial charge in [-0.2, -0.15) is 0 Å². The van der Waals surface area contributed by atoms with Crippen molar-refractivity contribution in [2.75, 3.05) is 0 Å². The Hall–Kier alpha value is -3.21. The molecule has 2 heterocycles. The van der Waals surface area contributed by atoms with Gasteiger partial charge in [-0.3, -0.25) is 0 Å². The van der Waals surface area contributed by atoms with E-state index in [0.717, 1.165) is 17.0 Å². The highest BCUT2D eigenvalue weighted by molar-refractivity contribution is 5.79. The molecule has 0 bridgehead atoms. The Morgan fingerprint density at radius 2 is 1.46 bits per heavy atom. The predicted octanol–water partition coefficient (Wildman–Crippen LogP) is 4.64. The van der Waals surface area contributed by atoms with Gasteiger partial charge in [0, 0.05) is 23.2 Å². The fraction of sp³-hybridized carbons (Fsp3) is 0. The Balaban J connectivity index is 1.81. The zero-order chi connectivity index (χ0) is 16.5. The van der Waals surface area contributed by atoms with Gasteiger partial charge in [0.1, 0.15) is 17.3 Å². The SMILES string of the molecule is Fc1cc(F)cc(-c2cccc(-c3ncc4ccccc4n3)n2)c1. The molecule has 24 heavy (non-hydrogen) atoms. The molecule has 0 spiro atoms. The topological polar surface area (TPSA) is 38.7 Å². The molecule has 3 nitrogen and oxygen atoms in total. The van der Waals surface area contributed by atoms with Crippen LogP contribution in [0.15, 0.2) is 66.9 Å². The van der Waals surface area contributed by atoms with E-state index < -0.39 is 11.6 Å². The van der Waals surface area contributed by atoms with E-state index in [0.29, 0.717) is 22.8 Å². The van der Waals surface area contributed by atoms with Crippen molar-refractivity contribution >= 4 is 10.9 Å². The van der Waals surface area contributed by atoms with E-state index >= 15 is 0 Å². The highest BCUT2D eigenvalue weighted by Gasteiger charge is 2.09. The highest BCUT2D eigenvalue weighted by Crippen LogP contribution is 2.23. The smallest absolute Gasteiger partial charge is 0.178 e. The Morgan fingerprint density at radius 1 is 0.708 bits per heavy atom. The molecule has 0 amide bonds. The molecule has 5 heteroatoms. The first kappa shape index (κ1) is 14.4. The molecule has 0 unspecified atom stereocenters. The molecule has 0 atom stereocenters. The van der Waals surface area contributed by atoms with E-state index in [2.05, 4.69) is 15.0 Å². The van der Waals surface area contributed by atoms with Gasteiger partial charge in [-0.05, 0) is 30.3 Å².